The van der Waals surface area contributed by atoms with E-state index in [4.69, 9.17) is 25.8 Å². The van der Waals surface area contributed by atoms with Crippen LogP contribution in [0.5, 0.6) is 0 Å². The van der Waals surface area contributed by atoms with Gasteiger partial charge in [-0.2, -0.15) is 0 Å². The first-order valence-electron chi connectivity index (χ1n) is 8.76. The molecule has 0 radical (unpaired) electrons. The van der Waals surface area contributed by atoms with Crippen LogP contribution in [0.15, 0.2) is 47.8 Å². The van der Waals surface area contributed by atoms with E-state index in [2.05, 4.69) is 0 Å². The van der Waals surface area contributed by atoms with Crippen LogP contribution in [0.4, 0.5) is 0 Å². The Morgan fingerprint density at radius 3 is 2.19 bits per heavy atom. The highest BCUT2D eigenvalue weighted by Gasteiger charge is 2.35. The van der Waals surface area contributed by atoms with Crippen LogP contribution in [0.2, 0.25) is 5.02 Å². The predicted molar refractivity (Wildman–Crippen MR) is 100 cm³/mol. The normalized spacial score (nSPS) is 20.1. The number of ether oxygens (including phenoxy) is 3. The second-order valence-corrected chi connectivity index (χ2v) is 6.90. The Bertz CT molecular complexity index is 731. The molecule has 2 aliphatic rings. The topological polar surface area (TPSA) is 65.1 Å². The molecule has 0 aromatic heterocycles. The minimum Gasteiger partial charge on any atom is -0.466 e. The van der Waals surface area contributed by atoms with Crippen molar-refractivity contribution >= 4 is 23.5 Å². The number of hydrogen-bond acceptors (Lipinski definition) is 6. The van der Waals surface area contributed by atoms with Crippen LogP contribution in [0.1, 0.15) is 24.3 Å². The quantitative estimate of drug-likeness (QED) is 0.719. The lowest BCUT2D eigenvalue weighted by molar-refractivity contribution is -0.137. The maximum atomic E-state index is 12.5. The summed E-state index contributed by atoms with van der Waals surface area (Å²) in [7, 11) is 2.64. The van der Waals surface area contributed by atoms with Crippen molar-refractivity contribution in [2.24, 2.45) is 0 Å². The molecule has 27 heavy (non-hydrogen) atoms. The summed E-state index contributed by atoms with van der Waals surface area (Å²) in [6.45, 7) is 1.28. The van der Waals surface area contributed by atoms with Gasteiger partial charge in [-0.1, -0.05) is 23.7 Å². The second kappa shape index (κ2) is 8.59. The fourth-order valence-electron chi connectivity index (χ4n) is 3.43. The number of halogens is 1. The SMILES string of the molecule is COC(=O)C1=CN(C[C@@H]2CCCO2)C=C(C(=O)OC)C1c1ccc(Cl)cc1. The average Bonchev–Trinajstić information content (AvgIpc) is 3.20. The molecule has 1 saturated heterocycles. The van der Waals surface area contributed by atoms with Crippen molar-refractivity contribution in [1.29, 1.82) is 0 Å². The molecule has 0 bridgehead atoms. The van der Waals surface area contributed by atoms with E-state index in [-0.39, 0.29) is 6.10 Å². The van der Waals surface area contributed by atoms with E-state index in [1.807, 2.05) is 0 Å². The summed E-state index contributed by atoms with van der Waals surface area (Å²) in [6, 6.07) is 7.02. The van der Waals surface area contributed by atoms with Crippen molar-refractivity contribution < 1.29 is 23.8 Å². The maximum absolute atomic E-state index is 12.5. The van der Waals surface area contributed by atoms with Crippen LogP contribution in [0, 0.1) is 0 Å². The molecule has 6 nitrogen and oxygen atoms in total. The van der Waals surface area contributed by atoms with Gasteiger partial charge in [0, 0.05) is 30.6 Å². The molecule has 0 N–H and O–H groups in total. The number of carbonyl (C=O) groups excluding carboxylic acids is 2. The second-order valence-electron chi connectivity index (χ2n) is 6.47. The zero-order chi connectivity index (χ0) is 19.4. The molecule has 7 heteroatoms. The predicted octanol–water partition coefficient (Wildman–Crippen LogP) is 3.03. The number of esters is 2. The van der Waals surface area contributed by atoms with Gasteiger partial charge in [0.2, 0.25) is 0 Å². The van der Waals surface area contributed by atoms with Crippen LogP contribution >= 0.6 is 11.6 Å². The summed E-state index contributed by atoms with van der Waals surface area (Å²) in [5.41, 5.74) is 1.48. The van der Waals surface area contributed by atoms with Crippen LogP contribution in [0.3, 0.4) is 0 Å². The molecule has 0 aliphatic carbocycles. The van der Waals surface area contributed by atoms with Gasteiger partial charge in [0.05, 0.1) is 37.4 Å². The third-order valence-electron chi connectivity index (χ3n) is 4.72. The van der Waals surface area contributed by atoms with Gasteiger partial charge in [-0.3, -0.25) is 0 Å². The third-order valence-corrected chi connectivity index (χ3v) is 4.97. The van der Waals surface area contributed by atoms with Crippen molar-refractivity contribution in [3.63, 3.8) is 0 Å². The molecule has 0 spiro atoms. The molecule has 0 saturated carbocycles. The lowest BCUT2D eigenvalue weighted by atomic mass is 9.83. The fraction of sp³-hybridized carbons (Fsp3) is 0.400. The van der Waals surface area contributed by atoms with Gasteiger partial charge in [-0.25, -0.2) is 9.59 Å². The average molecular weight is 392 g/mol. The van der Waals surface area contributed by atoms with Gasteiger partial charge >= 0.3 is 11.9 Å². The summed E-state index contributed by atoms with van der Waals surface area (Å²) in [5, 5.41) is 0.571. The molecule has 1 fully saturated rings. The van der Waals surface area contributed by atoms with Crippen molar-refractivity contribution in [1.82, 2.24) is 4.90 Å². The third kappa shape index (κ3) is 4.34. The summed E-state index contributed by atoms with van der Waals surface area (Å²) in [4.78, 5) is 26.8. The minimum absolute atomic E-state index is 0.0578. The number of benzene rings is 1. The molecule has 1 aromatic rings. The van der Waals surface area contributed by atoms with Gasteiger partial charge in [0.25, 0.3) is 0 Å². The number of nitrogens with zero attached hydrogens (tertiary/aromatic N) is 1. The first kappa shape index (κ1) is 19.5. The van der Waals surface area contributed by atoms with Crippen molar-refractivity contribution in [3.8, 4) is 0 Å². The van der Waals surface area contributed by atoms with Gasteiger partial charge in [0.1, 0.15) is 0 Å². The van der Waals surface area contributed by atoms with Crippen LogP contribution < -0.4 is 0 Å². The lowest BCUT2D eigenvalue weighted by Crippen LogP contribution is -2.32. The summed E-state index contributed by atoms with van der Waals surface area (Å²) in [5.74, 6) is -1.59. The van der Waals surface area contributed by atoms with Gasteiger partial charge in [0.15, 0.2) is 0 Å². The zero-order valence-corrected chi connectivity index (χ0v) is 16.1. The first-order chi connectivity index (χ1) is 13.0. The molecule has 2 heterocycles. The molecule has 0 amide bonds. The first-order valence-corrected chi connectivity index (χ1v) is 9.14. The van der Waals surface area contributed by atoms with E-state index in [1.54, 1.807) is 41.6 Å². The number of rotatable bonds is 5. The molecule has 3 rings (SSSR count). The van der Waals surface area contributed by atoms with Crippen molar-refractivity contribution in [2.45, 2.75) is 24.9 Å². The lowest BCUT2D eigenvalue weighted by Gasteiger charge is -2.31. The number of hydrogen-bond donors (Lipinski definition) is 0. The van der Waals surface area contributed by atoms with E-state index in [1.165, 1.54) is 14.2 Å². The monoisotopic (exact) mass is 391 g/mol. The van der Waals surface area contributed by atoms with E-state index < -0.39 is 17.9 Å². The van der Waals surface area contributed by atoms with Crippen molar-refractivity contribution in [2.75, 3.05) is 27.4 Å². The van der Waals surface area contributed by atoms with E-state index in [0.29, 0.717) is 22.7 Å². The molecular weight excluding hydrogens is 370 g/mol. The van der Waals surface area contributed by atoms with E-state index >= 15 is 0 Å². The molecule has 144 valence electrons. The number of carbonyl (C=O) groups is 2. The van der Waals surface area contributed by atoms with Gasteiger partial charge in [-0.05, 0) is 30.5 Å². The van der Waals surface area contributed by atoms with Gasteiger partial charge in [-0.15, -0.1) is 0 Å². The Hall–Kier alpha value is -2.31. The molecule has 0 unspecified atom stereocenters. The van der Waals surface area contributed by atoms with Crippen molar-refractivity contribution in [3.05, 3.63) is 58.4 Å². The zero-order valence-electron chi connectivity index (χ0n) is 15.3. The smallest absolute Gasteiger partial charge is 0.336 e. The summed E-state index contributed by atoms with van der Waals surface area (Å²) < 4.78 is 15.6. The standard InChI is InChI=1S/C20H22ClNO5/c1-25-19(23)16-11-22(10-15-4-3-9-27-15)12-17(20(24)26-2)18(16)13-5-7-14(21)8-6-13/h5-8,11-12,15,18H,3-4,9-10H2,1-2H3/t15-/m0/s1. The van der Waals surface area contributed by atoms with Gasteiger partial charge < -0.3 is 19.1 Å². The Balaban J connectivity index is 2.01. The Kier molecular flexibility index (Phi) is 6.19. The van der Waals surface area contributed by atoms with Crippen LogP contribution in [-0.4, -0.2) is 50.3 Å². The summed E-state index contributed by atoms with van der Waals surface area (Å²) >= 11 is 5.99. The minimum atomic E-state index is -0.595. The summed E-state index contributed by atoms with van der Waals surface area (Å²) in [6.07, 6.45) is 5.45. The Morgan fingerprint density at radius 1 is 1.11 bits per heavy atom. The van der Waals surface area contributed by atoms with Crippen LogP contribution in [-0.2, 0) is 23.8 Å². The molecule has 1 atom stereocenters. The maximum Gasteiger partial charge on any atom is 0.336 e. The Labute approximate surface area is 163 Å². The largest absolute Gasteiger partial charge is 0.466 e. The fourth-order valence-corrected chi connectivity index (χ4v) is 3.56. The molecular formula is C20H22ClNO5. The highest BCUT2D eigenvalue weighted by Crippen LogP contribution is 2.37. The van der Waals surface area contributed by atoms with E-state index in [0.717, 1.165) is 25.0 Å². The molecule has 1 aromatic carbocycles. The highest BCUT2D eigenvalue weighted by molar-refractivity contribution is 6.30. The number of methoxy groups -OCH3 is 2. The molecule has 2 aliphatic heterocycles. The van der Waals surface area contributed by atoms with Crippen LogP contribution in [0.25, 0.3) is 0 Å². The highest BCUT2D eigenvalue weighted by atomic mass is 35.5. The van der Waals surface area contributed by atoms with E-state index in [9.17, 15) is 9.59 Å². The Morgan fingerprint density at radius 2 is 1.70 bits per heavy atom.